The fourth-order valence-corrected chi connectivity index (χ4v) is 4.41. The Labute approximate surface area is 226 Å². The second kappa shape index (κ2) is 10.8. The summed E-state index contributed by atoms with van der Waals surface area (Å²) in [5.74, 6) is -1.25. The SMILES string of the molecule is O=C(Nc1ccc(-c2cc(C3CCC3)n(C(=O)NCc3ccc(F)cc3)n2)c(O)c1)c1cccc(C(F)(F)F)c1. The van der Waals surface area contributed by atoms with Gasteiger partial charge in [-0.2, -0.15) is 23.0 Å². The fraction of sp³-hybridized carbons (Fsp3) is 0.207. The number of carbonyl (C=O) groups excluding carboxylic acids is 2. The molecule has 2 amide bonds. The van der Waals surface area contributed by atoms with Crippen molar-refractivity contribution in [3.05, 3.63) is 101 Å². The highest BCUT2D eigenvalue weighted by molar-refractivity contribution is 6.04. The van der Waals surface area contributed by atoms with Gasteiger partial charge in [-0.1, -0.05) is 24.6 Å². The molecule has 3 N–H and O–H groups in total. The van der Waals surface area contributed by atoms with E-state index in [0.717, 1.165) is 37.5 Å². The Kier molecular flexibility index (Phi) is 7.29. The number of hydrogen-bond acceptors (Lipinski definition) is 4. The molecule has 3 aromatic carbocycles. The maximum absolute atomic E-state index is 13.2. The summed E-state index contributed by atoms with van der Waals surface area (Å²) in [5.41, 5.74) is 1.09. The van der Waals surface area contributed by atoms with Crippen LogP contribution in [0, 0.1) is 5.82 Å². The zero-order valence-corrected chi connectivity index (χ0v) is 21.0. The Morgan fingerprint density at radius 1 is 1.00 bits per heavy atom. The van der Waals surface area contributed by atoms with Crippen molar-refractivity contribution in [2.75, 3.05) is 5.32 Å². The predicted octanol–water partition coefficient (Wildman–Crippen LogP) is 6.69. The zero-order valence-electron chi connectivity index (χ0n) is 21.0. The highest BCUT2D eigenvalue weighted by Gasteiger charge is 2.31. The monoisotopic (exact) mass is 552 g/mol. The van der Waals surface area contributed by atoms with E-state index in [4.69, 9.17) is 0 Å². The number of amides is 2. The summed E-state index contributed by atoms with van der Waals surface area (Å²) in [4.78, 5) is 25.5. The lowest BCUT2D eigenvalue weighted by Crippen LogP contribution is -2.31. The second-order valence-electron chi connectivity index (χ2n) is 9.54. The Morgan fingerprint density at radius 2 is 1.75 bits per heavy atom. The van der Waals surface area contributed by atoms with Crippen molar-refractivity contribution in [3.63, 3.8) is 0 Å². The molecule has 0 bridgehead atoms. The number of aromatic nitrogens is 2. The first-order valence-electron chi connectivity index (χ1n) is 12.5. The molecule has 206 valence electrons. The zero-order chi connectivity index (χ0) is 28.4. The number of nitrogens with zero attached hydrogens (tertiary/aromatic N) is 2. The molecular weight excluding hydrogens is 528 g/mol. The predicted molar refractivity (Wildman–Crippen MR) is 139 cm³/mol. The van der Waals surface area contributed by atoms with Crippen LogP contribution in [0.2, 0.25) is 0 Å². The average Bonchev–Trinajstić information content (AvgIpc) is 3.31. The normalized spacial score (nSPS) is 13.5. The number of phenols is 1. The van der Waals surface area contributed by atoms with Crippen LogP contribution in [-0.2, 0) is 12.7 Å². The van der Waals surface area contributed by atoms with Gasteiger partial charge in [0.25, 0.3) is 5.91 Å². The molecule has 40 heavy (non-hydrogen) atoms. The van der Waals surface area contributed by atoms with Crippen LogP contribution in [0.5, 0.6) is 5.75 Å². The number of nitrogens with one attached hydrogen (secondary N) is 2. The van der Waals surface area contributed by atoms with Crippen LogP contribution in [-0.4, -0.2) is 26.8 Å². The molecule has 0 spiro atoms. The topological polar surface area (TPSA) is 96.3 Å². The van der Waals surface area contributed by atoms with E-state index in [9.17, 15) is 32.3 Å². The number of anilines is 1. The molecule has 11 heteroatoms. The van der Waals surface area contributed by atoms with Crippen molar-refractivity contribution < 1.29 is 32.3 Å². The molecule has 0 atom stereocenters. The molecular formula is C29H24F4N4O3. The molecule has 1 aliphatic rings. The number of hydrogen-bond donors (Lipinski definition) is 3. The van der Waals surface area contributed by atoms with E-state index in [0.29, 0.717) is 22.5 Å². The minimum Gasteiger partial charge on any atom is -0.507 e. The lowest BCUT2D eigenvalue weighted by atomic mass is 9.82. The first kappa shape index (κ1) is 26.9. The van der Waals surface area contributed by atoms with Crippen LogP contribution >= 0.6 is 0 Å². The van der Waals surface area contributed by atoms with E-state index in [1.165, 1.54) is 41.1 Å². The summed E-state index contributed by atoms with van der Waals surface area (Å²) in [7, 11) is 0. The van der Waals surface area contributed by atoms with Crippen molar-refractivity contribution in [1.82, 2.24) is 15.1 Å². The van der Waals surface area contributed by atoms with Gasteiger partial charge in [0.15, 0.2) is 0 Å². The minimum absolute atomic E-state index is 0.131. The summed E-state index contributed by atoms with van der Waals surface area (Å²) in [6, 6.07) is 15.3. The number of carbonyl (C=O) groups is 2. The first-order valence-corrected chi connectivity index (χ1v) is 12.5. The maximum Gasteiger partial charge on any atom is 0.416 e. The quantitative estimate of drug-likeness (QED) is 0.232. The van der Waals surface area contributed by atoms with Gasteiger partial charge in [-0.25, -0.2) is 9.18 Å². The van der Waals surface area contributed by atoms with E-state index in [1.54, 1.807) is 18.2 Å². The van der Waals surface area contributed by atoms with Crippen LogP contribution in [0.4, 0.5) is 28.0 Å². The third kappa shape index (κ3) is 5.83. The van der Waals surface area contributed by atoms with E-state index in [1.807, 2.05) is 0 Å². The number of rotatable bonds is 6. The molecule has 1 aliphatic carbocycles. The van der Waals surface area contributed by atoms with Crippen molar-refractivity contribution in [2.45, 2.75) is 37.9 Å². The van der Waals surface area contributed by atoms with Crippen LogP contribution in [0.3, 0.4) is 0 Å². The first-order chi connectivity index (χ1) is 19.1. The molecule has 0 saturated heterocycles. The molecule has 1 heterocycles. The molecule has 0 aliphatic heterocycles. The van der Waals surface area contributed by atoms with Gasteiger partial charge in [-0.05, 0) is 66.9 Å². The van der Waals surface area contributed by atoms with Gasteiger partial charge in [-0.15, -0.1) is 0 Å². The minimum atomic E-state index is -4.59. The molecule has 0 unspecified atom stereocenters. The van der Waals surface area contributed by atoms with Crippen molar-refractivity contribution in [1.29, 1.82) is 0 Å². The molecule has 5 rings (SSSR count). The average molecular weight is 553 g/mol. The van der Waals surface area contributed by atoms with Gasteiger partial charge in [0.2, 0.25) is 0 Å². The lowest BCUT2D eigenvalue weighted by molar-refractivity contribution is -0.137. The van der Waals surface area contributed by atoms with Gasteiger partial charge in [0, 0.05) is 35.3 Å². The van der Waals surface area contributed by atoms with Crippen LogP contribution < -0.4 is 10.6 Å². The number of phenolic OH excluding ortho intramolecular Hbond substituents is 1. The summed E-state index contributed by atoms with van der Waals surface area (Å²) < 4.78 is 53.4. The van der Waals surface area contributed by atoms with E-state index in [2.05, 4.69) is 15.7 Å². The third-order valence-corrected chi connectivity index (χ3v) is 6.79. The molecule has 0 radical (unpaired) electrons. The smallest absolute Gasteiger partial charge is 0.416 e. The summed E-state index contributed by atoms with van der Waals surface area (Å²) >= 11 is 0. The molecule has 1 fully saturated rings. The van der Waals surface area contributed by atoms with Crippen LogP contribution in [0.25, 0.3) is 11.3 Å². The van der Waals surface area contributed by atoms with Gasteiger partial charge >= 0.3 is 12.2 Å². The number of benzene rings is 3. The van der Waals surface area contributed by atoms with Gasteiger partial charge in [0.05, 0.1) is 17.0 Å². The van der Waals surface area contributed by atoms with E-state index >= 15 is 0 Å². The molecule has 4 aromatic rings. The van der Waals surface area contributed by atoms with Crippen molar-refractivity contribution >= 4 is 17.6 Å². The fourth-order valence-electron chi connectivity index (χ4n) is 4.41. The van der Waals surface area contributed by atoms with E-state index < -0.39 is 23.7 Å². The highest BCUT2D eigenvalue weighted by atomic mass is 19.4. The highest BCUT2D eigenvalue weighted by Crippen LogP contribution is 2.39. The molecule has 1 saturated carbocycles. The Morgan fingerprint density at radius 3 is 2.40 bits per heavy atom. The third-order valence-electron chi connectivity index (χ3n) is 6.79. The summed E-state index contributed by atoms with van der Waals surface area (Å²) in [5, 5.41) is 20.4. The number of halogens is 4. The Bertz CT molecular complexity index is 1560. The standard InChI is InChI=1S/C29H24F4N4O3/c30-21-9-7-17(8-10-21)16-34-28(40)37-25(18-3-1-4-18)15-24(36-37)23-12-11-22(14-26(23)38)35-27(39)19-5-2-6-20(13-19)29(31,32)33/h2,5-15,18,38H,1,3-4,16H2,(H,34,40)(H,35,39). The largest absolute Gasteiger partial charge is 0.507 e. The summed E-state index contributed by atoms with van der Waals surface area (Å²) in [6.45, 7) is 0.171. The molecule has 7 nitrogen and oxygen atoms in total. The van der Waals surface area contributed by atoms with Gasteiger partial charge in [-0.3, -0.25) is 4.79 Å². The van der Waals surface area contributed by atoms with E-state index in [-0.39, 0.29) is 35.3 Å². The van der Waals surface area contributed by atoms with Crippen LogP contribution in [0.1, 0.15) is 52.4 Å². The lowest BCUT2D eigenvalue weighted by Gasteiger charge is -2.25. The maximum atomic E-state index is 13.2. The van der Waals surface area contributed by atoms with Crippen molar-refractivity contribution in [3.8, 4) is 17.0 Å². The summed E-state index contributed by atoms with van der Waals surface area (Å²) in [6.07, 6.45) is -1.78. The van der Waals surface area contributed by atoms with Crippen LogP contribution in [0.15, 0.2) is 72.8 Å². The van der Waals surface area contributed by atoms with Crippen molar-refractivity contribution in [2.24, 2.45) is 0 Å². The van der Waals surface area contributed by atoms with Gasteiger partial charge < -0.3 is 15.7 Å². The molecule has 1 aromatic heterocycles. The second-order valence-corrected chi connectivity index (χ2v) is 9.54. The number of alkyl halides is 3. The number of aromatic hydroxyl groups is 1. The Balaban J connectivity index is 1.34. The Hall–Kier alpha value is -4.67. The van der Waals surface area contributed by atoms with Gasteiger partial charge in [0.1, 0.15) is 11.6 Å².